The number of thiophene rings is 1. The highest BCUT2D eigenvalue weighted by molar-refractivity contribution is 7.15. The minimum atomic E-state index is -0.490. The van der Waals surface area contributed by atoms with Crippen LogP contribution in [0.5, 0.6) is 0 Å². The summed E-state index contributed by atoms with van der Waals surface area (Å²) in [6, 6.07) is 5.91. The fraction of sp³-hybridized carbons (Fsp3) is 0.429. The molecule has 2 rings (SSSR count). The lowest BCUT2D eigenvalue weighted by molar-refractivity contribution is -0.116. The van der Waals surface area contributed by atoms with Gasteiger partial charge in [-0.3, -0.25) is 4.79 Å². The van der Waals surface area contributed by atoms with Crippen molar-refractivity contribution in [3.05, 3.63) is 41.0 Å². The number of anilines is 1. The molecule has 0 bridgehead atoms. The second kappa shape index (κ2) is 10.8. The van der Waals surface area contributed by atoms with Crippen molar-refractivity contribution in [1.82, 2.24) is 0 Å². The van der Waals surface area contributed by atoms with E-state index in [0.29, 0.717) is 28.1 Å². The van der Waals surface area contributed by atoms with Crippen LogP contribution in [0.1, 0.15) is 62.7 Å². The summed E-state index contributed by atoms with van der Waals surface area (Å²) in [6.07, 6.45) is 5.76. The van der Waals surface area contributed by atoms with Crippen molar-refractivity contribution in [3.8, 4) is 11.1 Å². The maximum atomic E-state index is 13.2. The van der Waals surface area contributed by atoms with Gasteiger partial charge in [-0.05, 0) is 31.0 Å². The third-order valence-electron chi connectivity index (χ3n) is 4.19. The highest BCUT2D eigenvalue weighted by Gasteiger charge is 2.22. The van der Waals surface area contributed by atoms with Gasteiger partial charge in [0.05, 0.1) is 6.61 Å². The van der Waals surface area contributed by atoms with Crippen LogP contribution in [-0.2, 0) is 9.53 Å². The minimum absolute atomic E-state index is 0.107. The first-order valence-electron chi connectivity index (χ1n) is 9.41. The van der Waals surface area contributed by atoms with Gasteiger partial charge >= 0.3 is 5.97 Å². The summed E-state index contributed by atoms with van der Waals surface area (Å²) in [7, 11) is 0. The van der Waals surface area contributed by atoms with Crippen molar-refractivity contribution in [2.75, 3.05) is 11.9 Å². The number of ether oxygens (including phenoxy) is 1. The highest BCUT2D eigenvalue weighted by atomic mass is 32.1. The number of nitrogens with one attached hydrogen (secondary N) is 1. The molecule has 0 spiro atoms. The first-order valence-corrected chi connectivity index (χ1v) is 10.3. The standard InChI is InChI=1S/C21H26FNO3S/c1-3-5-6-7-8-9-18(24)23-20-19(21(25)26-4-2)17(14-27-20)15-10-12-16(22)13-11-15/h10-14H,3-9H2,1-2H3,(H,23,24). The fourth-order valence-electron chi connectivity index (χ4n) is 2.78. The second-order valence-corrected chi connectivity index (χ2v) is 7.17. The van der Waals surface area contributed by atoms with Crippen LogP contribution in [-0.4, -0.2) is 18.5 Å². The molecule has 1 aromatic heterocycles. The van der Waals surface area contributed by atoms with E-state index in [1.807, 2.05) is 0 Å². The van der Waals surface area contributed by atoms with Gasteiger partial charge in [-0.2, -0.15) is 0 Å². The molecule has 0 saturated heterocycles. The predicted octanol–water partition coefficient (Wildman–Crippen LogP) is 6.03. The Morgan fingerprint density at radius 3 is 2.44 bits per heavy atom. The number of hydrogen-bond donors (Lipinski definition) is 1. The molecule has 0 aliphatic rings. The number of carbonyl (C=O) groups excluding carboxylic acids is 2. The van der Waals surface area contributed by atoms with E-state index in [0.717, 1.165) is 25.7 Å². The summed E-state index contributed by atoms with van der Waals surface area (Å²) in [5, 5.41) is 5.11. The lowest BCUT2D eigenvalue weighted by Crippen LogP contribution is -2.14. The number of benzene rings is 1. The lowest BCUT2D eigenvalue weighted by atomic mass is 10.0. The smallest absolute Gasteiger partial charge is 0.341 e. The molecule has 0 unspecified atom stereocenters. The van der Waals surface area contributed by atoms with E-state index in [-0.39, 0.29) is 18.3 Å². The van der Waals surface area contributed by atoms with Crippen LogP contribution in [0.4, 0.5) is 9.39 Å². The Morgan fingerprint density at radius 2 is 1.78 bits per heavy atom. The van der Waals surface area contributed by atoms with Crippen molar-refractivity contribution in [3.63, 3.8) is 0 Å². The molecule has 0 saturated carbocycles. The molecule has 0 aliphatic heterocycles. The largest absolute Gasteiger partial charge is 0.462 e. The van der Waals surface area contributed by atoms with Crippen molar-refractivity contribution in [2.45, 2.75) is 52.4 Å². The maximum Gasteiger partial charge on any atom is 0.341 e. The molecule has 0 fully saturated rings. The zero-order chi connectivity index (χ0) is 19.6. The van der Waals surface area contributed by atoms with Gasteiger partial charge in [0.15, 0.2) is 0 Å². The second-order valence-electron chi connectivity index (χ2n) is 6.29. The summed E-state index contributed by atoms with van der Waals surface area (Å²) in [6.45, 7) is 4.12. The summed E-state index contributed by atoms with van der Waals surface area (Å²) in [5.41, 5.74) is 1.67. The topological polar surface area (TPSA) is 55.4 Å². The van der Waals surface area contributed by atoms with Gasteiger partial charge in [0, 0.05) is 17.4 Å². The Balaban J connectivity index is 2.14. The Labute approximate surface area is 163 Å². The van der Waals surface area contributed by atoms with Crippen LogP contribution in [0.2, 0.25) is 0 Å². The SMILES string of the molecule is CCCCCCCC(=O)Nc1scc(-c2ccc(F)cc2)c1C(=O)OCC. The number of esters is 1. The zero-order valence-corrected chi connectivity index (χ0v) is 16.7. The van der Waals surface area contributed by atoms with Crippen LogP contribution in [0.3, 0.4) is 0 Å². The van der Waals surface area contributed by atoms with E-state index in [9.17, 15) is 14.0 Å². The normalized spacial score (nSPS) is 10.6. The number of amides is 1. The molecular formula is C21H26FNO3S. The molecule has 146 valence electrons. The lowest BCUT2D eigenvalue weighted by Gasteiger charge is -2.09. The van der Waals surface area contributed by atoms with Gasteiger partial charge in [0.1, 0.15) is 16.4 Å². The van der Waals surface area contributed by atoms with Crippen LogP contribution in [0, 0.1) is 5.82 Å². The molecule has 1 amide bonds. The third-order valence-corrected chi connectivity index (χ3v) is 5.08. The maximum absolute atomic E-state index is 13.2. The Bertz CT molecular complexity index is 755. The minimum Gasteiger partial charge on any atom is -0.462 e. The molecule has 2 aromatic rings. The van der Waals surface area contributed by atoms with Crippen LogP contribution in [0.25, 0.3) is 11.1 Å². The average Bonchev–Trinajstić information content (AvgIpc) is 3.06. The molecule has 1 heterocycles. The first kappa shape index (κ1) is 21.1. The fourth-order valence-corrected chi connectivity index (χ4v) is 3.75. The van der Waals surface area contributed by atoms with E-state index in [1.165, 1.54) is 29.9 Å². The molecule has 27 heavy (non-hydrogen) atoms. The quantitative estimate of drug-likeness (QED) is 0.397. The van der Waals surface area contributed by atoms with Crippen molar-refractivity contribution < 1.29 is 18.7 Å². The molecule has 1 aromatic carbocycles. The van der Waals surface area contributed by atoms with E-state index >= 15 is 0 Å². The third kappa shape index (κ3) is 6.17. The van der Waals surface area contributed by atoms with Crippen molar-refractivity contribution in [1.29, 1.82) is 0 Å². The first-order chi connectivity index (χ1) is 13.1. The van der Waals surface area contributed by atoms with Gasteiger partial charge in [0.25, 0.3) is 0 Å². The van der Waals surface area contributed by atoms with Crippen LogP contribution in [0.15, 0.2) is 29.6 Å². The van der Waals surface area contributed by atoms with E-state index in [4.69, 9.17) is 4.74 Å². The van der Waals surface area contributed by atoms with Gasteiger partial charge in [0.2, 0.25) is 5.91 Å². The Kier molecular flexibility index (Phi) is 8.45. The molecule has 4 nitrogen and oxygen atoms in total. The molecule has 6 heteroatoms. The summed E-state index contributed by atoms with van der Waals surface area (Å²) in [5.74, 6) is -0.941. The summed E-state index contributed by atoms with van der Waals surface area (Å²) >= 11 is 1.28. The molecular weight excluding hydrogens is 365 g/mol. The van der Waals surface area contributed by atoms with Gasteiger partial charge in [-0.15, -0.1) is 11.3 Å². The Morgan fingerprint density at radius 1 is 1.07 bits per heavy atom. The van der Waals surface area contributed by atoms with Crippen molar-refractivity contribution in [2.24, 2.45) is 0 Å². The van der Waals surface area contributed by atoms with Crippen molar-refractivity contribution >= 4 is 28.2 Å². The number of halogens is 1. The monoisotopic (exact) mass is 391 g/mol. The molecule has 0 radical (unpaired) electrons. The number of rotatable bonds is 10. The van der Waals surface area contributed by atoms with Crippen LogP contribution >= 0.6 is 11.3 Å². The van der Waals surface area contributed by atoms with E-state index in [2.05, 4.69) is 12.2 Å². The van der Waals surface area contributed by atoms with Crippen LogP contribution < -0.4 is 5.32 Å². The highest BCUT2D eigenvalue weighted by Crippen LogP contribution is 2.36. The summed E-state index contributed by atoms with van der Waals surface area (Å²) in [4.78, 5) is 24.7. The Hall–Kier alpha value is -2.21. The average molecular weight is 392 g/mol. The number of hydrogen-bond acceptors (Lipinski definition) is 4. The zero-order valence-electron chi connectivity index (χ0n) is 15.8. The number of unbranched alkanes of at least 4 members (excludes halogenated alkanes) is 4. The van der Waals surface area contributed by atoms with Gasteiger partial charge < -0.3 is 10.1 Å². The molecule has 0 aliphatic carbocycles. The number of carbonyl (C=O) groups is 2. The summed E-state index contributed by atoms with van der Waals surface area (Å²) < 4.78 is 18.4. The molecule has 0 atom stereocenters. The van der Waals surface area contributed by atoms with Gasteiger partial charge in [-0.25, -0.2) is 9.18 Å². The van der Waals surface area contributed by atoms with E-state index in [1.54, 1.807) is 24.4 Å². The predicted molar refractivity (Wildman–Crippen MR) is 108 cm³/mol. The molecule has 1 N–H and O–H groups in total. The van der Waals surface area contributed by atoms with Gasteiger partial charge in [-0.1, -0.05) is 44.7 Å². The van der Waals surface area contributed by atoms with E-state index < -0.39 is 5.97 Å².